The number of rotatable bonds is 16. The van der Waals surface area contributed by atoms with Gasteiger partial charge >= 0.3 is 12.1 Å². The monoisotopic (exact) mass is 608 g/mol. The second-order valence-electron chi connectivity index (χ2n) is 12.6. The predicted molar refractivity (Wildman–Crippen MR) is 175 cm³/mol. The van der Waals surface area contributed by atoms with E-state index in [2.05, 4.69) is 67.9 Å². The number of carbonyl (C=O) groups excluding carboxylic acids is 2. The van der Waals surface area contributed by atoms with Crippen LogP contribution >= 0.6 is 0 Å². The SMILES string of the molecule is CNCc1ccc2cc3ccc(N(C)C)cc3[n+](CCCCCC(=O)NC(CCCCNC(=O)OC(C)(C)C)C(=O)O)c2c1. The molecule has 2 amide bonds. The summed E-state index contributed by atoms with van der Waals surface area (Å²) in [6.07, 6.45) is 3.63. The quantitative estimate of drug-likeness (QED) is 0.104. The molecule has 4 N–H and O–H groups in total. The smallest absolute Gasteiger partial charge is 0.407 e. The number of nitrogens with zero attached hydrogens (tertiary/aromatic N) is 2. The second kappa shape index (κ2) is 16.2. The summed E-state index contributed by atoms with van der Waals surface area (Å²) in [6.45, 7) is 7.36. The highest BCUT2D eigenvalue weighted by atomic mass is 16.6. The number of carboxylic acid groups (broad SMARTS) is 1. The zero-order chi connectivity index (χ0) is 32.3. The number of pyridine rings is 1. The molecule has 3 rings (SSSR count). The van der Waals surface area contributed by atoms with Gasteiger partial charge < -0.3 is 30.7 Å². The van der Waals surface area contributed by atoms with E-state index in [1.54, 1.807) is 20.8 Å². The van der Waals surface area contributed by atoms with Crippen molar-refractivity contribution in [3.63, 3.8) is 0 Å². The molecule has 0 saturated heterocycles. The molecule has 0 bridgehead atoms. The number of anilines is 1. The van der Waals surface area contributed by atoms with E-state index >= 15 is 0 Å². The third-order valence-electron chi connectivity index (χ3n) is 7.41. The largest absolute Gasteiger partial charge is 0.480 e. The summed E-state index contributed by atoms with van der Waals surface area (Å²) < 4.78 is 7.58. The van der Waals surface area contributed by atoms with Crippen LogP contribution in [0.4, 0.5) is 10.5 Å². The minimum Gasteiger partial charge on any atom is -0.480 e. The molecule has 44 heavy (non-hydrogen) atoms. The summed E-state index contributed by atoms with van der Waals surface area (Å²) in [7, 11) is 6.03. The lowest BCUT2D eigenvalue weighted by Crippen LogP contribution is -2.40. The van der Waals surface area contributed by atoms with Crippen LogP contribution in [0.1, 0.15) is 71.3 Å². The summed E-state index contributed by atoms with van der Waals surface area (Å²) >= 11 is 0. The van der Waals surface area contributed by atoms with Crippen LogP contribution in [-0.4, -0.2) is 62.4 Å². The van der Waals surface area contributed by atoms with Gasteiger partial charge in [-0.25, -0.2) is 9.59 Å². The van der Waals surface area contributed by atoms with Gasteiger partial charge in [-0.1, -0.05) is 6.07 Å². The number of hydrogen-bond acceptors (Lipinski definition) is 6. The molecule has 0 aliphatic rings. The number of hydrogen-bond donors (Lipinski definition) is 4. The Morgan fingerprint density at radius 2 is 1.64 bits per heavy atom. The van der Waals surface area contributed by atoms with E-state index < -0.39 is 23.7 Å². The fourth-order valence-electron chi connectivity index (χ4n) is 5.20. The molecule has 10 heteroatoms. The van der Waals surface area contributed by atoms with Crippen LogP contribution in [-0.2, 0) is 27.4 Å². The molecule has 10 nitrogen and oxygen atoms in total. The van der Waals surface area contributed by atoms with Gasteiger partial charge in [0.15, 0.2) is 0 Å². The lowest BCUT2D eigenvalue weighted by Gasteiger charge is -2.19. The van der Waals surface area contributed by atoms with E-state index in [4.69, 9.17) is 4.74 Å². The van der Waals surface area contributed by atoms with Crippen LogP contribution in [0, 0.1) is 0 Å². The Bertz CT molecular complexity index is 1430. The van der Waals surface area contributed by atoms with Crippen molar-refractivity contribution in [2.45, 2.75) is 90.4 Å². The summed E-state index contributed by atoms with van der Waals surface area (Å²) in [4.78, 5) is 38.2. The number of fused-ring (bicyclic) bond motifs is 2. The maximum Gasteiger partial charge on any atom is 0.407 e. The molecule has 3 aromatic rings. The second-order valence-corrected chi connectivity index (χ2v) is 12.6. The zero-order valence-corrected chi connectivity index (χ0v) is 27.2. The Hall–Kier alpha value is -3.92. The Balaban J connectivity index is 1.53. The third kappa shape index (κ3) is 10.7. The van der Waals surface area contributed by atoms with Crippen LogP contribution in [0.5, 0.6) is 0 Å². The number of aryl methyl sites for hydroxylation is 1. The molecule has 1 heterocycles. The number of aromatic nitrogens is 1. The fraction of sp³-hybridized carbons (Fsp3) is 0.529. The van der Waals surface area contributed by atoms with Gasteiger partial charge in [-0.2, -0.15) is 4.57 Å². The maximum atomic E-state index is 12.6. The summed E-state index contributed by atoms with van der Waals surface area (Å²) in [5.74, 6) is -1.30. The molecule has 0 aliphatic heterocycles. The molecule has 0 fully saturated rings. The van der Waals surface area contributed by atoms with Crippen LogP contribution in [0.2, 0.25) is 0 Å². The molecule has 1 atom stereocenters. The predicted octanol–water partition coefficient (Wildman–Crippen LogP) is 4.89. The fourth-order valence-corrected chi connectivity index (χ4v) is 5.20. The van der Waals surface area contributed by atoms with Crippen molar-refractivity contribution < 1.29 is 28.8 Å². The van der Waals surface area contributed by atoms with E-state index in [0.717, 1.165) is 31.6 Å². The standard InChI is InChI=1S/C34H49N5O5/c1-34(2,3)44-33(43)36-18-10-9-12-28(32(41)42)37-31(40)13-8-7-11-19-39-29-20-24(23-35-4)14-15-25(29)21-26-16-17-27(38(5)6)22-30(26)39/h14-17,20-22,28,35H,7-13,18-19,23H2,1-6H3,(H2-,36,37,40,41,42,43)/p+1. The maximum absolute atomic E-state index is 12.6. The van der Waals surface area contributed by atoms with Crippen LogP contribution < -0.4 is 25.4 Å². The molecule has 240 valence electrons. The van der Waals surface area contributed by atoms with Gasteiger partial charge in [-0.15, -0.1) is 0 Å². The van der Waals surface area contributed by atoms with E-state index in [9.17, 15) is 19.5 Å². The average Bonchev–Trinajstić information content (AvgIpc) is 2.94. The van der Waals surface area contributed by atoms with Crippen molar-refractivity contribution in [1.82, 2.24) is 16.0 Å². The highest BCUT2D eigenvalue weighted by molar-refractivity contribution is 5.90. The molecular formula is C34H50N5O5+. The minimum atomic E-state index is -1.05. The van der Waals surface area contributed by atoms with Crippen molar-refractivity contribution in [2.75, 3.05) is 32.6 Å². The number of ether oxygens (including phenoxy) is 1. The number of unbranched alkanes of at least 4 members (excludes halogenated alkanes) is 3. The third-order valence-corrected chi connectivity index (χ3v) is 7.41. The Morgan fingerprint density at radius 1 is 0.932 bits per heavy atom. The average molecular weight is 609 g/mol. The van der Waals surface area contributed by atoms with Crippen LogP contribution in [0.3, 0.4) is 0 Å². The van der Waals surface area contributed by atoms with Gasteiger partial charge in [0.2, 0.25) is 16.9 Å². The van der Waals surface area contributed by atoms with Gasteiger partial charge in [0.1, 0.15) is 18.2 Å². The first-order valence-electron chi connectivity index (χ1n) is 15.6. The van der Waals surface area contributed by atoms with E-state index in [1.807, 2.05) is 21.1 Å². The number of nitrogens with one attached hydrogen (secondary N) is 3. The molecule has 0 radical (unpaired) electrons. The Kier molecular flexibility index (Phi) is 12.8. The van der Waals surface area contributed by atoms with Crippen molar-refractivity contribution >= 4 is 45.5 Å². The summed E-state index contributed by atoms with van der Waals surface area (Å²) in [5, 5.41) is 20.5. The molecule has 0 saturated carbocycles. The van der Waals surface area contributed by atoms with E-state index in [-0.39, 0.29) is 12.3 Å². The molecule has 0 aliphatic carbocycles. The van der Waals surface area contributed by atoms with Crippen molar-refractivity contribution in [1.29, 1.82) is 0 Å². The number of carboxylic acids is 1. The Morgan fingerprint density at radius 3 is 2.30 bits per heavy atom. The zero-order valence-electron chi connectivity index (χ0n) is 27.2. The molecule has 1 aromatic heterocycles. The lowest BCUT2D eigenvalue weighted by molar-refractivity contribution is -0.645. The summed E-state index contributed by atoms with van der Waals surface area (Å²) in [5.41, 5.74) is 4.15. The number of carbonyl (C=O) groups is 3. The van der Waals surface area contributed by atoms with Crippen molar-refractivity contribution in [3.05, 3.63) is 48.0 Å². The van der Waals surface area contributed by atoms with Gasteiger partial charge in [-0.3, -0.25) is 4.79 Å². The minimum absolute atomic E-state index is 0.250. The van der Waals surface area contributed by atoms with Crippen molar-refractivity contribution in [2.24, 2.45) is 0 Å². The number of amides is 2. The first-order chi connectivity index (χ1) is 20.9. The Labute approximate surface area is 261 Å². The highest BCUT2D eigenvalue weighted by Gasteiger charge is 2.21. The van der Waals surface area contributed by atoms with Crippen molar-refractivity contribution in [3.8, 4) is 0 Å². The number of aliphatic carboxylic acids is 1. The molecular weight excluding hydrogens is 558 g/mol. The number of benzene rings is 2. The number of alkyl carbamates (subject to hydrolysis) is 1. The normalized spacial score (nSPS) is 12.2. The molecule has 2 aromatic carbocycles. The summed E-state index contributed by atoms with van der Waals surface area (Å²) in [6, 6.07) is 14.4. The van der Waals surface area contributed by atoms with Crippen LogP contribution in [0.25, 0.3) is 21.8 Å². The van der Waals surface area contributed by atoms with E-state index in [1.165, 1.54) is 27.4 Å². The van der Waals surface area contributed by atoms with Gasteiger partial charge in [0.25, 0.3) is 0 Å². The van der Waals surface area contributed by atoms with Gasteiger partial charge in [-0.05, 0) is 89.8 Å². The topological polar surface area (TPSA) is 124 Å². The van der Waals surface area contributed by atoms with Gasteiger partial charge in [0.05, 0.1) is 0 Å². The van der Waals surface area contributed by atoms with Gasteiger partial charge in [0, 0.05) is 68.6 Å². The molecule has 1 unspecified atom stereocenters. The molecule has 0 spiro atoms. The van der Waals surface area contributed by atoms with E-state index in [0.29, 0.717) is 32.2 Å². The van der Waals surface area contributed by atoms with Crippen LogP contribution in [0.15, 0.2) is 42.5 Å². The highest BCUT2D eigenvalue weighted by Crippen LogP contribution is 2.24. The lowest BCUT2D eigenvalue weighted by atomic mass is 10.1. The first-order valence-corrected chi connectivity index (χ1v) is 15.6. The first kappa shape index (κ1) is 34.6.